The van der Waals surface area contributed by atoms with Crippen molar-refractivity contribution in [1.82, 2.24) is 30.7 Å². The molecule has 1 atom stereocenters. The number of rotatable bonds is 7. The van der Waals surface area contributed by atoms with Crippen molar-refractivity contribution in [2.75, 3.05) is 5.73 Å². The van der Waals surface area contributed by atoms with Crippen LogP contribution in [0, 0.1) is 5.92 Å². The number of carbonyl (C=O) groups excluding carboxylic acids is 1. The highest BCUT2D eigenvalue weighted by Gasteiger charge is 2.24. The van der Waals surface area contributed by atoms with Gasteiger partial charge in [-0.2, -0.15) is 9.78 Å². The molecule has 1 amide bonds. The molecule has 4 rings (SSSR count). The van der Waals surface area contributed by atoms with Gasteiger partial charge in [-0.25, -0.2) is 10.1 Å². The number of amides is 1. The first-order valence-electron chi connectivity index (χ1n) is 9.51. The predicted molar refractivity (Wildman–Crippen MR) is 117 cm³/mol. The van der Waals surface area contributed by atoms with E-state index in [9.17, 15) is 4.79 Å². The summed E-state index contributed by atoms with van der Waals surface area (Å²) in [4.78, 5) is 13.7. The fraction of sp³-hybridized carbons (Fsp3) is 0.263. The Kier molecular flexibility index (Phi) is 6.63. The number of aromatic nitrogens is 5. The van der Waals surface area contributed by atoms with Gasteiger partial charge >= 0.3 is 0 Å². The molecule has 3 N–H and O–H groups in total. The third-order valence-corrected chi connectivity index (χ3v) is 5.90. The Morgan fingerprint density at radius 3 is 2.90 bits per heavy atom. The van der Waals surface area contributed by atoms with E-state index in [0.717, 1.165) is 24.2 Å². The molecule has 0 saturated carbocycles. The lowest BCUT2D eigenvalue weighted by atomic mass is 9.96. The van der Waals surface area contributed by atoms with Crippen LogP contribution in [0.15, 0.2) is 51.0 Å². The Morgan fingerprint density at radius 1 is 1.35 bits per heavy atom. The van der Waals surface area contributed by atoms with Crippen molar-refractivity contribution in [3.05, 3.63) is 52.8 Å². The van der Waals surface area contributed by atoms with Crippen molar-refractivity contribution < 1.29 is 9.42 Å². The number of nitrogens with two attached hydrogens (primary N) is 1. The maximum absolute atomic E-state index is 12.8. The zero-order chi connectivity index (χ0) is 21.6. The predicted octanol–water partition coefficient (Wildman–Crippen LogP) is 3.25. The maximum Gasteiger partial charge on any atom is 0.293 e. The van der Waals surface area contributed by atoms with Gasteiger partial charge in [0.15, 0.2) is 5.69 Å². The molecule has 0 spiro atoms. The highest BCUT2D eigenvalue weighted by molar-refractivity contribution is 7.98. The van der Waals surface area contributed by atoms with Crippen LogP contribution in [-0.4, -0.2) is 37.4 Å². The molecule has 2 aromatic heterocycles. The first kappa shape index (κ1) is 21.1. The van der Waals surface area contributed by atoms with Gasteiger partial charge in [-0.1, -0.05) is 29.0 Å². The van der Waals surface area contributed by atoms with Crippen molar-refractivity contribution in [2.45, 2.75) is 29.9 Å². The van der Waals surface area contributed by atoms with Gasteiger partial charge in [0.25, 0.3) is 5.91 Å². The monoisotopic (exact) mass is 458 g/mol. The molecule has 3 aromatic rings. The number of thioether (sulfide) groups is 1. The SMILES string of the molecule is Nc1nonc1-n1nnc(C(=O)N/N=C\[C@@H]2CC=CCC2)c1CSc1ccc(Cl)cc1. The number of anilines is 1. The van der Waals surface area contributed by atoms with Crippen LogP contribution >= 0.6 is 23.4 Å². The largest absolute Gasteiger partial charge is 0.378 e. The molecular formula is C19H19ClN8O2S. The Labute approximate surface area is 186 Å². The Hall–Kier alpha value is -3.18. The third kappa shape index (κ3) is 5.12. The van der Waals surface area contributed by atoms with E-state index < -0.39 is 5.91 Å². The lowest BCUT2D eigenvalue weighted by molar-refractivity contribution is 0.0949. The molecule has 0 unspecified atom stereocenters. The summed E-state index contributed by atoms with van der Waals surface area (Å²) in [5.74, 6) is 0.395. The Balaban J connectivity index is 1.54. The molecule has 10 nitrogen and oxygen atoms in total. The third-order valence-electron chi connectivity index (χ3n) is 4.62. The molecule has 1 aromatic carbocycles. The average Bonchev–Trinajstić information content (AvgIpc) is 3.39. The van der Waals surface area contributed by atoms with Crippen molar-refractivity contribution in [3.8, 4) is 5.82 Å². The van der Waals surface area contributed by atoms with Crippen LogP contribution in [0.25, 0.3) is 5.82 Å². The minimum absolute atomic E-state index is 0.0398. The van der Waals surface area contributed by atoms with E-state index in [-0.39, 0.29) is 17.3 Å². The molecule has 0 bridgehead atoms. The first-order valence-corrected chi connectivity index (χ1v) is 10.9. The fourth-order valence-corrected chi connectivity index (χ4v) is 4.02. The summed E-state index contributed by atoms with van der Waals surface area (Å²) in [5.41, 5.74) is 8.94. The molecule has 12 heteroatoms. The van der Waals surface area contributed by atoms with Crippen molar-refractivity contribution >= 4 is 41.3 Å². The number of allylic oxidation sites excluding steroid dienone is 2. The second-order valence-electron chi connectivity index (χ2n) is 6.78. The van der Waals surface area contributed by atoms with Crippen molar-refractivity contribution in [1.29, 1.82) is 0 Å². The molecule has 1 aliphatic carbocycles. The average molecular weight is 459 g/mol. The van der Waals surface area contributed by atoms with Crippen LogP contribution in [0.4, 0.5) is 5.82 Å². The van der Waals surface area contributed by atoms with Crippen molar-refractivity contribution in [3.63, 3.8) is 0 Å². The van der Waals surface area contributed by atoms with Crippen LogP contribution in [0.3, 0.4) is 0 Å². The Bertz CT molecular complexity index is 1110. The lowest BCUT2D eigenvalue weighted by Crippen LogP contribution is -2.21. The fourth-order valence-electron chi connectivity index (χ4n) is 3.00. The highest BCUT2D eigenvalue weighted by atomic mass is 35.5. The van der Waals surface area contributed by atoms with Crippen molar-refractivity contribution in [2.24, 2.45) is 11.0 Å². The molecule has 2 heterocycles. The van der Waals surface area contributed by atoms with E-state index in [0.29, 0.717) is 22.4 Å². The van der Waals surface area contributed by atoms with E-state index in [1.165, 1.54) is 16.4 Å². The van der Waals surface area contributed by atoms with Gasteiger partial charge in [0.1, 0.15) is 0 Å². The van der Waals surface area contributed by atoms with Crippen LogP contribution in [0.1, 0.15) is 35.4 Å². The maximum atomic E-state index is 12.8. The summed E-state index contributed by atoms with van der Waals surface area (Å²) >= 11 is 7.43. The van der Waals surface area contributed by atoms with E-state index >= 15 is 0 Å². The van der Waals surface area contributed by atoms with E-state index in [1.807, 2.05) is 12.1 Å². The molecule has 0 aliphatic heterocycles. The molecule has 31 heavy (non-hydrogen) atoms. The molecule has 1 aliphatic rings. The number of carbonyl (C=O) groups is 1. The Morgan fingerprint density at radius 2 is 2.19 bits per heavy atom. The van der Waals surface area contributed by atoms with Crippen LogP contribution in [0.5, 0.6) is 0 Å². The minimum atomic E-state index is -0.476. The molecule has 0 radical (unpaired) electrons. The minimum Gasteiger partial charge on any atom is -0.378 e. The first-order chi connectivity index (χ1) is 15.1. The van der Waals surface area contributed by atoms with Gasteiger partial charge < -0.3 is 5.73 Å². The second kappa shape index (κ2) is 9.75. The topological polar surface area (TPSA) is 137 Å². The van der Waals surface area contributed by atoms with Gasteiger partial charge in [0, 0.05) is 21.9 Å². The quantitative estimate of drug-likeness (QED) is 0.238. The standard InChI is InChI=1S/C19H19ClN8O2S/c20-13-6-8-14(9-7-13)31-11-15-16(23-27-28(15)18-17(21)25-30-26-18)19(29)24-22-10-12-4-2-1-3-5-12/h1-2,6-10,12H,3-5,11H2,(H2,21,25)(H,24,29)/b22-10-/t12-/m1/s1. The summed E-state index contributed by atoms with van der Waals surface area (Å²) in [7, 11) is 0. The van der Waals surface area contributed by atoms with Gasteiger partial charge in [0.2, 0.25) is 11.6 Å². The smallest absolute Gasteiger partial charge is 0.293 e. The summed E-state index contributed by atoms with van der Waals surface area (Å²) in [6.45, 7) is 0. The number of nitrogens with zero attached hydrogens (tertiary/aromatic N) is 6. The van der Waals surface area contributed by atoms with E-state index in [4.69, 9.17) is 17.3 Å². The number of halogens is 1. The highest BCUT2D eigenvalue weighted by Crippen LogP contribution is 2.27. The number of hydrogen-bond donors (Lipinski definition) is 2. The molecular weight excluding hydrogens is 440 g/mol. The number of nitrogens with one attached hydrogen (secondary N) is 1. The van der Waals surface area contributed by atoms with Crippen LogP contribution < -0.4 is 11.2 Å². The van der Waals surface area contributed by atoms with Gasteiger partial charge in [-0.15, -0.1) is 16.9 Å². The summed E-state index contributed by atoms with van der Waals surface area (Å²) in [5, 5.41) is 20.1. The number of benzene rings is 1. The van der Waals surface area contributed by atoms with Gasteiger partial charge in [0.05, 0.1) is 5.69 Å². The van der Waals surface area contributed by atoms with Gasteiger partial charge in [-0.05, 0) is 59.8 Å². The van der Waals surface area contributed by atoms with E-state index in [2.05, 4.69) is 47.9 Å². The summed E-state index contributed by atoms with van der Waals surface area (Å²) < 4.78 is 6.01. The number of nitrogen functional groups attached to an aromatic ring is 1. The normalized spacial score (nSPS) is 16.1. The molecule has 0 fully saturated rings. The summed E-state index contributed by atoms with van der Waals surface area (Å²) in [6.07, 6.45) is 8.96. The zero-order valence-electron chi connectivity index (χ0n) is 16.3. The molecule has 160 valence electrons. The number of hydrogen-bond acceptors (Lipinski definition) is 9. The molecule has 0 saturated heterocycles. The number of hydrazone groups is 1. The zero-order valence-corrected chi connectivity index (χ0v) is 17.9. The van der Waals surface area contributed by atoms with Crippen LogP contribution in [0.2, 0.25) is 5.02 Å². The van der Waals surface area contributed by atoms with E-state index in [1.54, 1.807) is 18.3 Å². The van der Waals surface area contributed by atoms with Gasteiger partial charge in [-0.3, -0.25) is 4.79 Å². The summed E-state index contributed by atoms with van der Waals surface area (Å²) in [6, 6.07) is 7.36. The lowest BCUT2D eigenvalue weighted by Gasteiger charge is -2.11. The second-order valence-corrected chi connectivity index (χ2v) is 8.26. The van der Waals surface area contributed by atoms with Crippen LogP contribution in [-0.2, 0) is 5.75 Å².